The van der Waals surface area contributed by atoms with Crippen LogP contribution in [0.25, 0.3) is 5.78 Å². The van der Waals surface area contributed by atoms with Gasteiger partial charge in [0.25, 0.3) is 5.78 Å². The molecule has 0 radical (unpaired) electrons. The first kappa shape index (κ1) is 17.6. The quantitative estimate of drug-likeness (QED) is 0.713. The maximum absolute atomic E-state index is 12.3. The number of rotatable bonds is 4. The van der Waals surface area contributed by atoms with E-state index in [-0.39, 0.29) is 23.6 Å². The Hall–Kier alpha value is -1.84. The van der Waals surface area contributed by atoms with Crippen LogP contribution in [-0.2, 0) is 16.4 Å². The molecular formula is C17H24N6O2S. The van der Waals surface area contributed by atoms with Crippen LogP contribution in [-0.4, -0.2) is 81.0 Å². The number of piperazine rings is 1. The zero-order valence-electron chi connectivity index (χ0n) is 15.1. The number of allylic oxidation sites excluding steroid dienone is 1. The standard InChI is InChI=1S/C17H24N6O2S/c1-13(2)4-7-21-8-9-22(15-12-26(24,25)11-14(15)21)10-16-19-17-18-5-3-6-23(17)20-16/h3-6,14-15H,7-12H2,1-2H3/t14-,15+/m0/s1. The Kier molecular flexibility index (Phi) is 4.54. The second-order valence-electron chi connectivity index (χ2n) is 7.35. The van der Waals surface area contributed by atoms with Gasteiger partial charge in [-0.2, -0.15) is 4.98 Å². The molecule has 4 heterocycles. The fourth-order valence-corrected chi connectivity index (χ4v) is 5.89. The van der Waals surface area contributed by atoms with Crippen molar-refractivity contribution >= 4 is 15.6 Å². The third-order valence-corrected chi connectivity index (χ3v) is 6.84. The van der Waals surface area contributed by atoms with Crippen molar-refractivity contribution < 1.29 is 8.42 Å². The largest absolute Gasteiger partial charge is 0.293 e. The van der Waals surface area contributed by atoms with Crippen LogP contribution in [0.5, 0.6) is 0 Å². The van der Waals surface area contributed by atoms with E-state index in [4.69, 9.17) is 0 Å². The first-order valence-corrected chi connectivity index (χ1v) is 10.7. The van der Waals surface area contributed by atoms with E-state index in [0.717, 1.165) is 19.6 Å². The molecule has 2 atom stereocenters. The zero-order valence-corrected chi connectivity index (χ0v) is 15.9. The van der Waals surface area contributed by atoms with Gasteiger partial charge in [-0.15, -0.1) is 5.10 Å². The highest BCUT2D eigenvalue weighted by atomic mass is 32.2. The van der Waals surface area contributed by atoms with E-state index >= 15 is 0 Å². The van der Waals surface area contributed by atoms with Crippen LogP contribution >= 0.6 is 0 Å². The molecule has 140 valence electrons. The fourth-order valence-electron chi connectivity index (χ4n) is 3.84. The lowest BCUT2D eigenvalue weighted by molar-refractivity contribution is 0.0461. The number of hydrogen-bond donors (Lipinski definition) is 0. The van der Waals surface area contributed by atoms with E-state index in [1.807, 2.05) is 12.3 Å². The van der Waals surface area contributed by atoms with Gasteiger partial charge in [-0.3, -0.25) is 9.80 Å². The van der Waals surface area contributed by atoms with Gasteiger partial charge in [0.15, 0.2) is 15.7 Å². The van der Waals surface area contributed by atoms with Crippen molar-refractivity contribution in [1.29, 1.82) is 0 Å². The van der Waals surface area contributed by atoms with Gasteiger partial charge in [0.2, 0.25) is 0 Å². The third kappa shape index (κ3) is 3.51. The van der Waals surface area contributed by atoms with Crippen molar-refractivity contribution in [2.45, 2.75) is 32.5 Å². The summed E-state index contributed by atoms with van der Waals surface area (Å²) in [6.45, 7) is 7.17. The maximum Gasteiger partial charge on any atom is 0.252 e. The van der Waals surface area contributed by atoms with E-state index in [0.29, 0.717) is 18.1 Å². The summed E-state index contributed by atoms with van der Waals surface area (Å²) in [6.07, 6.45) is 5.68. The summed E-state index contributed by atoms with van der Waals surface area (Å²) in [6, 6.07) is 1.85. The Morgan fingerprint density at radius 1 is 1.23 bits per heavy atom. The van der Waals surface area contributed by atoms with Crippen molar-refractivity contribution in [2.24, 2.45) is 0 Å². The first-order valence-electron chi connectivity index (χ1n) is 8.89. The zero-order chi connectivity index (χ0) is 18.3. The van der Waals surface area contributed by atoms with Crippen molar-refractivity contribution in [3.63, 3.8) is 0 Å². The molecule has 0 amide bonds. The number of nitrogens with zero attached hydrogens (tertiary/aromatic N) is 6. The van der Waals surface area contributed by atoms with Crippen LogP contribution in [0.1, 0.15) is 19.7 Å². The minimum Gasteiger partial charge on any atom is -0.293 e. The highest BCUT2D eigenvalue weighted by Crippen LogP contribution is 2.28. The van der Waals surface area contributed by atoms with Crippen molar-refractivity contribution in [1.82, 2.24) is 29.4 Å². The highest BCUT2D eigenvalue weighted by Gasteiger charge is 2.46. The lowest BCUT2D eigenvalue weighted by Gasteiger charge is -2.43. The van der Waals surface area contributed by atoms with Crippen LogP contribution in [0.3, 0.4) is 0 Å². The van der Waals surface area contributed by atoms with Crippen molar-refractivity contribution in [3.8, 4) is 0 Å². The lowest BCUT2D eigenvalue weighted by Crippen LogP contribution is -2.58. The van der Waals surface area contributed by atoms with E-state index in [1.54, 1.807) is 10.7 Å². The van der Waals surface area contributed by atoms with Crippen LogP contribution in [0.2, 0.25) is 0 Å². The average Bonchev–Trinajstić information content (AvgIpc) is 3.13. The van der Waals surface area contributed by atoms with Gasteiger partial charge in [-0.25, -0.2) is 17.9 Å². The van der Waals surface area contributed by atoms with Gasteiger partial charge in [0.1, 0.15) is 0 Å². The van der Waals surface area contributed by atoms with Crippen LogP contribution in [0.15, 0.2) is 30.1 Å². The number of fused-ring (bicyclic) bond motifs is 2. The summed E-state index contributed by atoms with van der Waals surface area (Å²) >= 11 is 0. The van der Waals surface area contributed by atoms with Crippen molar-refractivity contribution in [2.75, 3.05) is 31.1 Å². The second-order valence-corrected chi connectivity index (χ2v) is 9.50. The Bertz CT molecular complexity index is 901. The molecular weight excluding hydrogens is 352 g/mol. The number of aromatic nitrogens is 4. The van der Waals surface area contributed by atoms with Gasteiger partial charge in [0.05, 0.1) is 18.1 Å². The van der Waals surface area contributed by atoms with Crippen LogP contribution in [0, 0.1) is 0 Å². The summed E-state index contributed by atoms with van der Waals surface area (Å²) in [5.74, 6) is 1.71. The Balaban J connectivity index is 1.55. The third-order valence-electron chi connectivity index (χ3n) is 5.15. The molecule has 0 N–H and O–H groups in total. The van der Waals surface area contributed by atoms with E-state index < -0.39 is 9.84 Å². The molecule has 0 bridgehead atoms. The summed E-state index contributed by atoms with van der Waals surface area (Å²) < 4.78 is 26.3. The van der Waals surface area contributed by atoms with Crippen molar-refractivity contribution in [3.05, 3.63) is 35.9 Å². The van der Waals surface area contributed by atoms with Crippen LogP contribution < -0.4 is 0 Å². The molecule has 0 aromatic carbocycles. The maximum atomic E-state index is 12.3. The number of hydrogen-bond acceptors (Lipinski definition) is 7. The van der Waals surface area contributed by atoms with Gasteiger partial charge in [0, 0.05) is 44.1 Å². The molecule has 26 heavy (non-hydrogen) atoms. The van der Waals surface area contributed by atoms with Gasteiger partial charge >= 0.3 is 0 Å². The summed E-state index contributed by atoms with van der Waals surface area (Å²) in [5.41, 5.74) is 1.26. The molecule has 2 aromatic heterocycles. The Morgan fingerprint density at radius 3 is 2.69 bits per heavy atom. The molecule has 8 nitrogen and oxygen atoms in total. The molecule has 0 aliphatic carbocycles. The molecule has 0 spiro atoms. The highest BCUT2D eigenvalue weighted by molar-refractivity contribution is 7.91. The van der Waals surface area contributed by atoms with Gasteiger partial charge < -0.3 is 0 Å². The summed E-state index contributed by atoms with van der Waals surface area (Å²) in [5, 5.41) is 4.46. The molecule has 2 aliphatic heterocycles. The molecule has 2 aliphatic rings. The topological polar surface area (TPSA) is 83.7 Å². The monoisotopic (exact) mass is 376 g/mol. The molecule has 0 saturated carbocycles. The Labute approximate surface area is 153 Å². The smallest absolute Gasteiger partial charge is 0.252 e. The molecule has 2 aromatic rings. The molecule has 4 rings (SSSR count). The van der Waals surface area contributed by atoms with Crippen LogP contribution in [0.4, 0.5) is 0 Å². The SMILES string of the molecule is CC(C)=CCN1CCN(Cc2nc3ncccn3n2)[C@@H]2CS(=O)(=O)C[C@@H]21. The van der Waals surface area contributed by atoms with E-state index in [2.05, 4.69) is 44.8 Å². The second kappa shape index (κ2) is 6.71. The summed E-state index contributed by atoms with van der Waals surface area (Å²) in [4.78, 5) is 13.2. The predicted octanol–water partition coefficient (Wildman–Crippen LogP) is 0.374. The fraction of sp³-hybridized carbons (Fsp3) is 0.588. The molecule has 0 unspecified atom stereocenters. The average molecular weight is 376 g/mol. The Morgan fingerprint density at radius 2 is 1.96 bits per heavy atom. The summed E-state index contributed by atoms with van der Waals surface area (Å²) in [7, 11) is -3.01. The minimum atomic E-state index is -3.01. The molecule has 2 saturated heterocycles. The normalized spacial score (nSPS) is 26.1. The van der Waals surface area contributed by atoms with Gasteiger partial charge in [-0.05, 0) is 19.9 Å². The minimum absolute atomic E-state index is 0.00103. The first-order chi connectivity index (χ1) is 12.4. The number of sulfone groups is 1. The predicted molar refractivity (Wildman–Crippen MR) is 98.4 cm³/mol. The van der Waals surface area contributed by atoms with Gasteiger partial charge in [-0.1, -0.05) is 11.6 Å². The van der Waals surface area contributed by atoms with E-state index in [1.165, 1.54) is 5.57 Å². The van der Waals surface area contributed by atoms with E-state index in [9.17, 15) is 8.42 Å². The molecule has 9 heteroatoms. The lowest BCUT2D eigenvalue weighted by atomic mass is 10.0. The molecule has 2 fully saturated rings.